The van der Waals surface area contributed by atoms with E-state index >= 15 is 0 Å². The first-order valence-corrected chi connectivity index (χ1v) is 5.62. The number of carboxylic acids is 1. The van der Waals surface area contributed by atoms with Gasteiger partial charge in [0, 0.05) is 6.20 Å². The Bertz CT molecular complexity index is 641. The minimum Gasteiger partial charge on any atom is -0.478 e. The lowest BCUT2D eigenvalue weighted by Crippen LogP contribution is -2.03. The van der Waals surface area contributed by atoms with Gasteiger partial charge in [0.15, 0.2) is 5.82 Å². The minimum absolute atomic E-state index is 0.344. The van der Waals surface area contributed by atoms with E-state index < -0.39 is 17.3 Å². The van der Waals surface area contributed by atoms with Crippen LogP contribution in [0.25, 0.3) is 0 Å². The topological polar surface area (TPSA) is 59.4 Å². The van der Waals surface area contributed by atoms with Gasteiger partial charge in [-0.2, -0.15) is 0 Å². The van der Waals surface area contributed by atoms with Gasteiger partial charge >= 0.3 is 5.97 Å². The Morgan fingerprint density at radius 3 is 2.63 bits per heavy atom. The molecule has 1 aromatic heterocycles. The lowest BCUT2D eigenvalue weighted by Gasteiger charge is -2.08. The molecule has 2 rings (SSSR count). The smallest absolute Gasteiger partial charge is 0.338 e. The summed E-state index contributed by atoms with van der Waals surface area (Å²) in [7, 11) is 0. The maximum atomic E-state index is 13.8. The van der Waals surface area contributed by atoms with Gasteiger partial charge in [-0.15, -0.1) is 0 Å². The van der Waals surface area contributed by atoms with Crippen molar-refractivity contribution in [2.24, 2.45) is 0 Å². The first kappa shape index (κ1) is 13.0. The van der Waals surface area contributed by atoms with Crippen LogP contribution in [-0.4, -0.2) is 16.1 Å². The highest BCUT2D eigenvalue weighted by Crippen LogP contribution is 2.25. The first-order chi connectivity index (χ1) is 8.99. The summed E-state index contributed by atoms with van der Waals surface area (Å²) in [5.74, 6) is -2.27. The molecule has 0 aliphatic rings. The number of hydrogen-bond acceptors (Lipinski definition) is 3. The Kier molecular flexibility index (Phi) is 3.46. The van der Waals surface area contributed by atoms with Crippen LogP contribution in [0, 0.1) is 19.7 Å². The van der Waals surface area contributed by atoms with Crippen LogP contribution in [0.15, 0.2) is 30.5 Å². The number of aromatic nitrogens is 1. The van der Waals surface area contributed by atoms with Crippen molar-refractivity contribution < 1.29 is 19.0 Å². The van der Waals surface area contributed by atoms with Crippen molar-refractivity contribution in [2.75, 3.05) is 0 Å². The molecule has 0 unspecified atom stereocenters. The molecular formula is C14H12FNO3. The van der Waals surface area contributed by atoms with Crippen LogP contribution in [0.1, 0.15) is 21.5 Å². The second kappa shape index (κ2) is 5.06. The maximum Gasteiger partial charge on any atom is 0.338 e. The van der Waals surface area contributed by atoms with Crippen molar-refractivity contribution in [1.82, 2.24) is 4.98 Å². The van der Waals surface area contributed by atoms with E-state index in [0.717, 1.165) is 17.2 Å². The zero-order valence-corrected chi connectivity index (χ0v) is 10.5. The zero-order valence-electron chi connectivity index (χ0n) is 10.5. The third kappa shape index (κ3) is 2.70. The molecule has 5 heteroatoms. The quantitative estimate of drug-likeness (QED) is 0.920. The molecule has 0 atom stereocenters. The Hall–Kier alpha value is -2.43. The third-order valence-corrected chi connectivity index (χ3v) is 2.78. The fourth-order valence-corrected chi connectivity index (χ4v) is 1.55. The van der Waals surface area contributed by atoms with Gasteiger partial charge in [-0.3, -0.25) is 0 Å². The van der Waals surface area contributed by atoms with Crippen LogP contribution in [0.5, 0.6) is 11.6 Å². The average Bonchev–Trinajstić information content (AvgIpc) is 2.36. The van der Waals surface area contributed by atoms with Gasteiger partial charge in [-0.1, -0.05) is 6.07 Å². The number of carbonyl (C=O) groups is 1. The predicted octanol–water partition coefficient (Wildman–Crippen LogP) is 3.33. The Morgan fingerprint density at radius 1 is 1.26 bits per heavy atom. The molecule has 0 saturated carbocycles. The van der Waals surface area contributed by atoms with Gasteiger partial charge in [0.2, 0.25) is 0 Å². The molecule has 98 valence electrons. The monoisotopic (exact) mass is 261 g/mol. The molecule has 0 fully saturated rings. The molecule has 0 radical (unpaired) electrons. The van der Waals surface area contributed by atoms with Gasteiger partial charge < -0.3 is 9.84 Å². The summed E-state index contributed by atoms with van der Waals surface area (Å²) in [6, 6.07) is 6.34. The lowest BCUT2D eigenvalue weighted by molar-refractivity contribution is 0.0690. The SMILES string of the molecule is Cc1ccc(Oc2nccc(C(=O)O)c2F)cc1C. The second-order valence-electron chi connectivity index (χ2n) is 4.13. The predicted molar refractivity (Wildman–Crippen MR) is 67.1 cm³/mol. The largest absolute Gasteiger partial charge is 0.478 e. The number of rotatable bonds is 3. The van der Waals surface area contributed by atoms with Gasteiger partial charge in [0.05, 0.1) is 0 Å². The molecule has 19 heavy (non-hydrogen) atoms. The molecule has 0 aliphatic carbocycles. The highest BCUT2D eigenvalue weighted by Gasteiger charge is 2.16. The van der Waals surface area contributed by atoms with E-state index in [2.05, 4.69) is 4.98 Å². The number of nitrogens with zero attached hydrogens (tertiary/aromatic N) is 1. The molecule has 1 N–H and O–H groups in total. The van der Waals surface area contributed by atoms with Gasteiger partial charge in [-0.25, -0.2) is 14.2 Å². The van der Waals surface area contributed by atoms with E-state index in [1.165, 1.54) is 6.20 Å². The molecule has 1 aromatic carbocycles. The number of aromatic carboxylic acids is 1. The molecular weight excluding hydrogens is 249 g/mol. The van der Waals surface area contributed by atoms with Crippen LogP contribution in [-0.2, 0) is 0 Å². The fourth-order valence-electron chi connectivity index (χ4n) is 1.55. The van der Waals surface area contributed by atoms with Crippen LogP contribution >= 0.6 is 0 Å². The van der Waals surface area contributed by atoms with Crippen molar-refractivity contribution in [3.8, 4) is 11.6 Å². The number of hydrogen-bond donors (Lipinski definition) is 1. The normalized spacial score (nSPS) is 10.3. The van der Waals surface area contributed by atoms with Crippen LogP contribution in [0.3, 0.4) is 0 Å². The van der Waals surface area contributed by atoms with Crippen LogP contribution in [0.2, 0.25) is 0 Å². The molecule has 0 saturated heterocycles. The maximum absolute atomic E-state index is 13.8. The second-order valence-corrected chi connectivity index (χ2v) is 4.13. The lowest BCUT2D eigenvalue weighted by atomic mass is 10.1. The van der Waals surface area contributed by atoms with Gasteiger partial charge in [-0.05, 0) is 43.2 Å². The fraction of sp³-hybridized carbons (Fsp3) is 0.143. The van der Waals surface area contributed by atoms with E-state index in [9.17, 15) is 9.18 Å². The van der Waals surface area contributed by atoms with E-state index in [1.54, 1.807) is 12.1 Å². The van der Waals surface area contributed by atoms with E-state index in [4.69, 9.17) is 9.84 Å². The van der Waals surface area contributed by atoms with Crippen molar-refractivity contribution in [2.45, 2.75) is 13.8 Å². The van der Waals surface area contributed by atoms with Crippen LogP contribution in [0.4, 0.5) is 4.39 Å². The van der Waals surface area contributed by atoms with Crippen molar-refractivity contribution in [1.29, 1.82) is 0 Å². The average molecular weight is 261 g/mol. The number of aryl methyl sites for hydroxylation is 2. The van der Waals surface area contributed by atoms with E-state index in [1.807, 2.05) is 19.9 Å². The van der Waals surface area contributed by atoms with E-state index in [-0.39, 0.29) is 5.88 Å². The summed E-state index contributed by atoms with van der Waals surface area (Å²) in [6.07, 6.45) is 1.20. The number of carboxylic acid groups (broad SMARTS) is 1. The Morgan fingerprint density at radius 2 is 2.00 bits per heavy atom. The van der Waals surface area contributed by atoms with E-state index in [0.29, 0.717) is 5.75 Å². The molecule has 0 bridgehead atoms. The molecule has 0 aliphatic heterocycles. The van der Waals surface area contributed by atoms with Crippen molar-refractivity contribution >= 4 is 5.97 Å². The number of pyridine rings is 1. The Labute approximate surface area is 109 Å². The summed E-state index contributed by atoms with van der Waals surface area (Å²) in [4.78, 5) is 14.5. The summed E-state index contributed by atoms with van der Waals surface area (Å²) in [5.41, 5.74) is 1.61. The molecule has 0 amide bonds. The molecule has 4 nitrogen and oxygen atoms in total. The zero-order chi connectivity index (χ0) is 14.0. The van der Waals surface area contributed by atoms with Gasteiger partial charge in [0.25, 0.3) is 5.88 Å². The molecule has 1 heterocycles. The van der Waals surface area contributed by atoms with Crippen molar-refractivity contribution in [3.05, 3.63) is 53.0 Å². The molecule has 2 aromatic rings. The van der Waals surface area contributed by atoms with Gasteiger partial charge in [0.1, 0.15) is 11.3 Å². The number of benzene rings is 1. The summed E-state index contributed by atoms with van der Waals surface area (Å²) in [6.45, 7) is 3.85. The number of ether oxygens (including phenoxy) is 1. The van der Waals surface area contributed by atoms with Crippen LogP contribution < -0.4 is 4.74 Å². The summed E-state index contributed by atoms with van der Waals surface area (Å²) >= 11 is 0. The first-order valence-electron chi connectivity index (χ1n) is 5.62. The number of halogens is 1. The standard InChI is InChI=1S/C14H12FNO3/c1-8-3-4-10(7-9(8)2)19-13-12(15)11(14(17)18)5-6-16-13/h3-7H,1-2H3,(H,17,18). The minimum atomic E-state index is -1.36. The highest BCUT2D eigenvalue weighted by molar-refractivity contribution is 5.88. The highest BCUT2D eigenvalue weighted by atomic mass is 19.1. The van der Waals surface area contributed by atoms with Crippen molar-refractivity contribution in [3.63, 3.8) is 0 Å². The Balaban J connectivity index is 2.35. The summed E-state index contributed by atoms with van der Waals surface area (Å²) < 4.78 is 19.1. The molecule has 0 spiro atoms. The summed E-state index contributed by atoms with van der Waals surface area (Å²) in [5, 5.41) is 8.81. The third-order valence-electron chi connectivity index (χ3n) is 2.78.